The summed E-state index contributed by atoms with van der Waals surface area (Å²) < 4.78 is 2.28. The molecule has 0 saturated carbocycles. The van der Waals surface area contributed by atoms with E-state index in [2.05, 4.69) is 57.9 Å². The van der Waals surface area contributed by atoms with Gasteiger partial charge >= 0.3 is 0 Å². The van der Waals surface area contributed by atoms with Crippen LogP contribution in [0.3, 0.4) is 0 Å². The van der Waals surface area contributed by atoms with E-state index in [0.29, 0.717) is 0 Å². The summed E-state index contributed by atoms with van der Waals surface area (Å²) in [6.07, 6.45) is 6.74. The number of carbonyl (C=O) groups is 1. The summed E-state index contributed by atoms with van der Waals surface area (Å²) in [7, 11) is 0. The molecule has 0 aliphatic rings. The monoisotopic (exact) mass is 672 g/mol. The number of rotatable bonds is 8. The van der Waals surface area contributed by atoms with Crippen LogP contribution in [0.5, 0.6) is 0 Å². The van der Waals surface area contributed by atoms with Crippen molar-refractivity contribution in [1.29, 1.82) is 0 Å². The van der Waals surface area contributed by atoms with E-state index in [1.54, 1.807) is 0 Å². The summed E-state index contributed by atoms with van der Waals surface area (Å²) in [4.78, 5) is 16.2. The number of aliphatic hydroxyl groups is 1. The topological polar surface area (TPSA) is 54.6 Å². The van der Waals surface area contributed by atoms with Gasteiger partial charge < -0.3 is 14.5 Å². The molecular weight excluding hydrogens is 637 g/mol. The molecular formula is C32H35IrN2O2-. The van der Waals surface area contributed by atoms with Gasteiger partial charge in [-0.2, -0.15) is 0 Å². The molecule has 5 aromatic rings. The van der Waals surface area contributed by atoms with Gasteiger partial charge in [0.15, 0.2) is 5.78 Å². The van der Waals surface area contributed by atoms with Crippen molar-refractivity contribution in [3.05, 3.63) is 84.8 Å². The third-order valence-corrected chi connectivity index (χ3v) is 7.16. The van der Waals surface area contributed by atoms with Crippen LogP contribution in [-0.4, -0.2) is 20.3 Å². The van der Waals surface area contributed by atoms with Gasteiger partial charge in [0.25, 0.3) is 0 Å². The van der Waals surface area contributed by atoms with Gasteiger partial charge in [0.2, 0.25) is 0 Å². The predicted molar refractivity (Wildman–Crippen MR) is 150 cm³/mol. The zero-order chi connectivity index (χ0) is 25.7. The predicted octanol–water partition coefficient (Wildman–Crippen LogP) is 8.41. The molecule has 5 heteroatoms. The first-order valence-electron chi connectivity index (χ1n) is 13.1. The van der Waals surface area contributed by atoms with E-state index in [9.17, 15) is 9.90 Å². The second-order valence-corrected chi connectivity index (χ2v) is 9.24. The molecule has 0 unspecified atom stereocenters. The smallest absolute Gasteiger partial charge is 0.162 e. The van der Waals surface area contributed by atoms with Crippen molar-refractivity contribution in [2.75, 3.05) is 0 Å². The molecule has 0 aliphatic heterocycles. The Labute approximate surface area is 233 Å². The van der Waals surface area contributed by atoms with Crippen LogP contribution in [0.1, 0.15) is 53.4 Å². The van der Waals surface area contributed by atoms with Gasteiger partial charge in [-0.15, -0.1) is 23.6 Å². The molecule has 0 aliphatic carbocycles. The maximum atomic E-state index is 11.7. The van der Waals surface area contributed by atoms with Crippen LogP contribution in [0, 0.1) is 17.9 Å². The fourth-order valence-corrected chi connectivity index (χ4v) is 5.00. The van der Waals surface area contributed by atoms with Crippen molar-refractivity contribution < 1.29 is 30.0 Å². The number of aliphatic hydroxyl groups excluding tert-OH is 1. The van der Waals surface area contributed by atoms with Gasteiger partial charge in [0.1, 0.15) is 0 Å². The van der Waals surface area contributed by atoms with Crippen LogP contribution >= 0.6 is 0 Å². The molecule has 37 heavy (non-hydrogen) atoms. The van der Waals surface area contributed by atoms with Gasteiger partial charge in [0, 0.05) is 55.4 Å². The third-order valence-electron chi connectivity index (χ3n) is 7.16. The molecule has 0 amide bonds. The quantitative estimate of drug-likeness (QED) is 0.102. The first kappa shape index (κ1) is 28.6. The van der Waals surface area contributed by atoms with Crippen LogP contribution in [0.2, 0.25) is 0 Å². The summed E-state index contributed by atoms with van der Waals surface area (Å²) >= 11 is 0. The molecule has 0 saturated heterocycles. The van der Waals surface area contributed by atoms with Gasteiger partial charge in [-0.25, -0.2) is 0 Å². The summed E-state index contributed by atoms with van der Waals surface area (Å²) in [5, 5.41) is 13.5. The summed E-state index contributed by atoms with van der Waals surface area (Å²) in [5.74, 6) is 0.547. The molecule has 4 nitrogen and oxygen atoms in total. The van der Waals surface area contributed by atoms with Crippen LogP contribution < -0.4 is 0 Å². The SMILES string of the molecule is CCC(CC)C(=O)/C=C(\O)C(CC)CC.[Ir].[c-]1c(-c2ccccn2)n2c3ccccc3c3cccc1c32. The number of hydrogen-bond donors (Lipinski definition) is 1. The number of carbonyl (C=O) groups excluding carboxylic acids is 1. The van der Waals surface area contributed by atoms with Crippen LogP contribution in [0.4, 0.5) is 0 Å². The fourth-order valence-electron chi connectivity index (χ4n) is 5.00. The minimum absolute atomic E-state index is 0. The Kier molecular flexibility index (Phi) is 10.0. The maximum Gasteiger partial charge on any atom is 0.162 e. The molecule has 0 atom stereocenters. The number of para-hydroxylation sites is 2. The number of aromatic nitrogens is 2. The number of benzene rings is 2. The number of ketones is 1. The molecule has 0 spiro atoms. The van der Waals surface area contributed by atoms with Gasteiger partial charge in [-0.05, 0) is 59.8 Å². The molecule has 2 aromatic carbocycles. The first-order chi connectivity index (χ1) is 17.5. The number of hydrogen-bond acceptors (Lipinski definition) is 3. The summed E-state index contributed by atoms with van der Waals surface area (Å²) in [6.45, 7) is 8.07. The Morgan fingerprint density at radius 2 is 1.54 bits per heavy atom. The Balaban J connectivity index is 0.000000214. The second-order valence-electron chi connectivity index (χ2n) is 9.24. The molecule has 5 rings (SSSR count). The number of allylic oxidation sites excluding steroid dienone is 2. The first-order valence-corrected chi connectivity index (χ1v) is 13.1. The number of fused-ring (bicyclic) bond motifs is 3. The third kappa shape index (κ3) is 5.79. The average Bonchev–Trinajstić information content (AvgIpc) is 3.46. The van der Waals surface area contributed by atoms with E-state index in [1.807, 2.05) is 52.1 Å². The standard InChI is InChI=1S/C19H11N2.C13H24O2.Ir/c1-2-10-17-14(7-1)15-8-5-6-13-12-18(21(17)19(13)15)16-9-3-4-11-20-16;1-5-10(6-2)12(14)9-13(15)11(7-3)8-4;/h1-11H;9-11,14H,5-8H2,1-4H3;/q-1;;/b;12-9-;. The van der Waals surface area contributed by atoms with Crippen molar-refractivity contribution >= 4 is 33.0 Å². The summed E-state index contributed by atoms with van der Waals surface area (Å²) in [5.41, 5.74) is 4.43. The minimum Gasteiger partial charge on any atom is -0.512 e. The molecule has 1 radical (unpaired) electrons. The van der Waals surface area contributed by atoms with Crippen molar-refractivity contribution in [2.45, 2.75) is 53.4 Å². The van der Waals surface area contributed by atoms with Crippen molar-refractivity contribution in [2.24, 2.45) is 11.8 Å². The van der Waals surface area contributed by atoms with E-state index in [-0.39, 0.29) is 43.5 Å². The molecule has 3 aromatic heterocycles. The molecule has 0 bridgehead atoms. The fraction of sp³-hybridized carbons (Fsp3) is 0.312. The van der Waals surface area contributed by atoms with Crippen LogP contribution in [-0.2, 0) is 24.9 Å². The van der Waals surface area contributed by atoms with E-state index in [0.717, 1.165) is 42.5 Å². The van der Waals surface area contributed by atoms with Crippen LogP contribution in [0.15, 0.2) is 78.7 Å². The molecule has 3 heterocycles. The van der Waals surface area contributed by atoms with Crippen LogP contribution in [0.25, 0.3) is 38.6 Å². The Morgan fingerprint density at radius 1 is 0.892 bits per heavy atom. The van der Waals surface area contributed by atoms with Crippen molar-refractivity contribution in [3.63, 3.8) is 0 Å². The molecule has 195 valence electrons. The molecule has 0 fully saturated rings. The van der Waals surface area contributed by atoms with Crippen molar-refractivity contribution in [3.8, 4) is 11.4 Å². The van der Waals surface area contributed by atoms with Gasteiger partial charge in [-0.1, -0.05) is 64.1 Å². The van der Waals surface area contributed by atoms with Gasteiger partial charge in [-0.3, -0.25) is 4.79 Å². The van der Waals surface area contributed by atoms with E-state index in [4.69, 9.17) is 0 Å². The average molecular weight is 672 g/mol. The normalized spacial score (nSPS) is 11.8. The summed E-state index contributed by atoms with van der Waals surface area (Å²) in [6, 6.07) is 24.4. The minimum atomic E-state index is 0. The van der Waals surface area contributed by atoms with Crippen molar-refractivity contribution in [1.82, 2.24) is 9.38 Å². The van der Waals surface area contributed by atoms with Gasteiger partial charge in [0.05, 0.1) is 5.76 Å². The Bertz CT molecular complexity index is 1460. The maximum absolute atomic E-state index is 11.7. The number of nitrogens with zero attached hydrogens (tertiary/aromatic N) is 2. The number of pyridine rings is 1. The Hall–Kier alpha value is -3.01. The zero-order valence-corrected chi connectivity index (χ0v) is 24.4. The Morgan fingerprint density at radius 3 is 2.19 bits per heavy atom. The van der Waals surface area contributed by atoms with E-state index < -0.39 is 0 Å². The van der Waals surface area contributed by atoms with E-state index in [1.165, 1.54) is 27.9 Å². The largest absolute Gasteiger partial charge is 0.512 e. The molecule has 1 N–H and O–H groups in total. The zero-order valence-electron chi connectivity index (χ0n) is 22.0. The van der Waals surface area contributed by atoms with E-state index >= 15 is 0 Å². The second kappa shape index (κ2) is 13.0.